The molecule has 0 bridgehead atoms. The fourth-order valence-electron chi connectivity index (χ4n) is 3.10. The van der Waals surface area contributed by atoms with Crippen LogP contribution in [0.5, 0.6) is 0 Å². The molecule has 6 heteroatoms. The lowest BCUT2D eigenvalue weighted by molar-refractivity contribution is 0.0750. The van der Waals surface area contributed by atoms with Crippen LogP contribution in [-0.4, -0.2) is 32.2 Å². The van der Waals surface area contributed by atoms with Gasteiger partial charge in [0.05, 0.1) is 22.7 Å². The van der Waals surface area contributed by atoms with Crippen LogP contribution in [0.2, 0.25) is 0 Å². The standard InChI is InChI=1S/C21H21FN4O/c1-14(2)27-13-7-12-26-20(15-8-3-4-9-16(15)22)25-19-21(26)24-18-11-6-5-10-17(18)23-19/h3-6,8-11,14H,7,12-13H2,1-2H3. The maximum Gasteiger partial charge on any atom is 0.198 e. The van der Waals surface area contributed by atoms with Crippen LogP contribution in [0.15, 0.2) is 48.5 Å². The van der Waals surface area contributed by atoms with Gasteiger partial charge in [-0.3, -0.25) is 0 Å². The molecular weight excluding hydrogens is 343 g/mol. The molecule has 138 valence electrons. The van der Waals surface area contributed by atoms with Crippen molar-refractivity contribution in [1.82, 2.24) is 19.5 Å². The van der Waals surface area contributed by atoms with Crippen molar-refractivity contribution in [3.8, 4) is 11.4 Å². The van der Waals surface area contributed by atoms with Crippen LogP contribution in [0.3, 0.4) is 0 Å². The van der Waals surface area contributed by atoms with E-state index < -0.39 is 0 Å². The van der Waals surface area contributed by atoms with Crippen molar-refractivity contribution in [3.05, 3.63) is 54.3 Å². The summed E-state index contributed by atoms with van der Waals surface area (Å²) in [5.41, 5.74) is 3.21. The minimum atomic E-state index is -0.308. The van der Waals surface area contributed by atoms with Gasteiger partial charge in [-0.25, -0.2) is 19.3 Å². The molecule has 0 aliphatic rings. The van der Waals surface area contributed by atoms with Gasteiger partial charge in [0.15, 0.2) is 11.3 Å². The van der Waals surface area contributed by atoms with E-state index in [1.54, 1.807) is 18.2 Å². The van der Waals surface area contributed by atoms with E-state index in [4.69, 9.17) is 9.72 Å². The molecule has 0 saturated carbocycles. The third-order valence-corrected chi connectivity index (χ3v) is 4.35. The predicted molar refractivity (Wildman–Crippen MR) is 104 cm³/mol. The van der Waals surface area contributed by atoms with Crippen LogP contribution in [0.4, 0.5) is 4.39 Å². The second-order valence-electron chi connectivity index (χ2n) is 6.70. The van der Waals surface area contributed by atoms with Crippen molar-refractivity contribution in [2.45, 2.75) is 32.9 Å². The first kappa shape index (κ1) is 17.5. The molecule has 0 N–H and O–H groups in total. The second kappa shape index (κ2) is 7.40. The van der Waals surface area contributed by atoms with Gasteiger partial charge in [-0.2, -0.15) is 0 Å². The average molecular weight is 364 g/mol. The zero-order valence-electron chi connectivity index (χ0n) is 15.4. The van der Waals surface area contributed by atoms with Gasteiger partial charge >= 0.3 is 0 Å². The molecule has 2 aromatic carbocycles. The van der Waals surface area contributed by atoms with E-state index in [-0.39, 0.29) is 11.9 Å². The molecule has 5 nitrogen and oxygen atoms in total. The fourth-order valence-corrected chi connectivity index (χ4v) is 3.10. The fraction of sp³-hybridized carbons (Fsp3) is 0.286. The molecule has 4 rings (SSSR count). The molecule has 0 aliphatic heterocycles. The number of rotatable bonds is 6. The van der Waals surface area contributed by atoms with Gasteiger partial charge in [0.25, 0.3) is 0 Å². The maximum atomic E-state index is 14.4. The molecule has 0 radical (unpaired) electrons. The number of benzene rings is 2. The van der Waals surface area contributed by atoms with Gasteiger partial charge in [0.2, 0.25) is 0 Å². The highest BCUT2D eigenvalue weighted by molar-refractivity contribution is 5.84. The lowest BCUT2D eigenvalue weighted by Gasteiger charge is -2.11. The highest BCUT2D eigenvalue weighted by atomic mass is 19.1. The number of imidazole rings is 1. The second-order valence-corrected chi connectivity index (χ2v) is 6.70. The van der Waals surface area contributed by atoms with E-state index >= 15 is 0 Å². The van der Waals surface area contributed by atoms with Gasteiger partial charge in [-0.15, -0.1) is 0 Å². The third kappa shape index (κ3) is 3.53. The summed E-state index contributed by atoms with van der Waals surface area (Å²) < 4.78 is 22.0. The number of halogens is 1. The monoisotopic (exact) mass is 364 g/mol. The van der Waals surface area contributed by atoms with E-state index in [1.807, 2.05) is 42.7 Å². The first-order valence-electron chi connectivity index (χ1n) is 9.13. The minimum Gasteiger partial charge on any atom is -0.379 e. The number of aryl methyl sites for hydroxylation is 1. The normalized spacial score (nSPS) is 11.7. The Kier molecular flexibility index (Phi) is 4.81. The molecule has 0 amide bonds. The molecule has 0 atom stereocenters. The molecular formula is C21H21FN4O. The van der Waals surface area contributed by atoms with Crippen LogP contribution in [0, 0.1) is 5.82 Å². The molecule has 0 spiro atoms. The number of para-hydroxylation sites is 2. The Balaban J connectivity index is 1.83. The Morgan fingerprint density at radius 3 is 2.41 bits per heavy atom. The molecule has 27 heavy (non-hydrogen) atoms. The van der Waals surface area contributed by atoms with Crippen LogP contribution in [0.25, 0.3) is 33.7 Å². The summed E-state index contributed by atoms with van der Waals surface area (Å²) in [7, 11) is 0. The van der Waals surface area contributed by atoms with Crippen LogP contribution < -0.4 is 0 Å². The summed E-state index contributed by atoms with van der Waals surface area (Å²) in [6, 6.07) is 14.3. The number of hydrogen-bond donors (Lipinski definition) is 0. The number of ether oxygens (including phenoxy) is 1. The minimum absolute atomic E-state index is 0.180. The van der Waals surface area contributed by atoms with E-state index in [0.29, 0.717) is 35.8 Å². The van der Waals surface area contributed by atoms with E-state index in [9.17, 15) is 4.39 Å². The summed E-state index contributed by atoms with van der Waals surface area (Å²) >= 11 is 0. The molecule has 0 fully saturated rings. The Bertz CT molecular complexity index is 1090. The van der Waals surface area contributed by atoms with Gasteiger partial charge < -0.3 is 9.30 Å². The largest absolute Gasteiger partial charge is 0.379 e. The first-order valence-corrected chi connectivity index (χ1v) is 9.13. The molecule has 0 saturated heterocycles. The smallest absolute Gasteiger partial charge is 0.198 e. The maximum absolute atomic E-state index is 14.4. The molecule has 2 aromatic heterocycles. The van der Waals surface area contributed by atoms with Gasteiger partial charge in [-0.05, 0) is 44.5 Å². The molecule has 4 aromatic rings. The van der Waals surface area contributed by atoms with Crippen LogP contribution in [-0.2, 0) is 11.3 Å². The SMILES string of the molecule is CC(C)OCCCn1c(-c2ccccc2F)nc2nc3ccccc3nc21. The first-order chi connectivity index (χ1) is 13.1. The molecule has 0 aliphatic carbocycles. The van der Waals surface area contributed by atoms with Crippen molar-refractivity contribution in [2.24, 2.45) is 0 Å². The summed E-state index contributed by atoms with van der Waals surface area (Å²) in [5.74, 6) is 0.236. The van der Waals surface area contributed by atoms with Crippen LogP contribution in [0.1, 0.15) is 20.3 Å². The Hall–Kier alpha value is -2.86. The quantitative estimate of drug-likeness (QED) is 0.469. The molecule has 0 unspecified atom stereocenters. The number of nitrogens with zero attached hydrogens (tertiary/aromatic N) is 4. The topological polar surface area (TPSA) is 52.8 Å². The zero-order chi connectivity index (χ0) is 18.8. The van der Waals surface area contributed by atoms with Crippen molar-refractivity contribution >= 4 is 22.3 Å². The number of hydrogen-bond acceptors (Lipinski definition) is 4. The van der Waals surface area contributed by atoms with Gasteiger partial charge in [0, 0.05) is 13.2 Å². The summed E-state index contributed by atoms with van der Waals surface area (Å²) in [5, 5.41) is 0. The van der Waals surface area contributed by atoms with E-state index in [0.717, 1.165) is 17.5 Å². The predicted octanol–water partition coefficient (Wildman–Crippen LogP) is 4.60. The third-order valence-electron chi connectivity index (χ3n) is 4.35. The summed E-state index contributed by atoms with van der Waals surface area (Å²) in [6.07, 6.45) is 0.957. The van der Waals surface area contributed by atoms with E-state index in [2.05, 4.69) is 9.97 Å². The lowest BCUT2D eigenvalue weighted by atomic mass is 10.2. The number of fused-ring (bicyclic) bond motifs is 2. The van der Waals surface area contributed by atoms with Gasteiger partial charge in [-0.1, -0.05) is 24.3 Å². The van der Waals surface area contributed by atoms with Crippen molar-refractivity contribution in [2.75, 3.05) is 6.61 Å². The van der Waals surface area contributed by atoms with Crippen molar-refractivity contribution in [1.29, 1.82) is 0 Å². The lowest BCUT2D eigenvalue weighted by Crippen LogP contribution is -2.09. The highest BCUT2D eigenvalue weighted by Crippen LogP contribution is 2.26. The number of aromatic nitrogens is 4. The average Bonchev–Trinajstić information content (AvgIpc) is 3.01. The van der Waals surface area contributed by atoms with E-state index in [1.165, 1.54) is 6.07 Å². The van der Waals surface area contributed by atoms with Crippen molar-refractivity contribution in [3.63, 3.8) is 0 Å². The molecule has 2 heterocycles. The van der Waals surface area contributed by atoms with Crippen LogP contribution >= 0.6 is 0 Å². The van der Waals surface area contributed by atoms with Crippen molar-refractivity contribution < 1.29 is 9.13 Å². The van der Waals surface area contributed by atoms with Gasteiger partial charge in [0.1, 0.15) is 11.6 Å². The summed E-state index contributed by atoms with van der Waals surface area (Å²) in [4.78, 5) is 14.0. The Morgan fingerprint density at radius 2 is 1.67 bits per heavy atom. The Morgan fingerprint density at radius 1 is 0.963 bits per heavy atom. The Labute approximate surface area is 156 Å². The highest BCUT2D eigenvalue weighted by Gasteiger charge is 2.18. The summed E-state index contributed by atoms with van der Waals surface area (Å²) in [6.45, 7) is 5.26. The zero-order valence-corrected chi connectivity index (χ0v) is 15.4.